The lowest BCUT2D eigenvalue weighted by Crippen LogP contribution is -2.32. The van der Waals surface area contributed by atoms with Crippen molar-refractivity contribution in [2.45, 2.75) is 37.6 Å². The first-order valence-electron chi connectivity index (χ1n) is 11.1. The van der Waals surface area contributed by atoms with Gasteiger partial charge in [-0.1, -0.05) is 49.3 Å². The molecule has 0 aliphatic carbocycles. The van der Waals surface area contributed by atoms with E-state index in [1.165, 1.54) is 23.1 Å². The van der Waals surface area contributed by atoms with Crippen molar-refractivity contribution >= 4 is 40.6 Å². The van der Waals surface area contributed by atoms with Crippen molar-refractivity contribution in [3.8, 4) is 17.1 Å². The lowest BCUT2D eigenvalue weighted by Gasteiger charge is -2.20. The van der Waals surface area contributed by atoms with Crippen LogP contribution in [0.15, 0.2) is 59.3 Å². The third-order valence-corrected chi connectivity index (χ3v) is 7.33. The van der Waals surface area contributed by atoms with Crippen molar-refractivity contribution in [2.24, 2.45) is 0 Å². The van der Waals surface area contributed by atoms with Gasteiger partial charge >= 0.3 is 0 Å². The predicted molar refractivity (Wildman–Crippen MR) is 138 cm³/mol. The van der Waals surface area contributed by atoms with E-state index >= 15 is 0 Å². The molecule has 0 saturated carbocycles. The summed E-state index contributed by atoms with van der Waals surface area (Å²) in [6, 6.07) is 11.4. The van der Waals surface area contributed by atoms with Crippen LogP contribution in [-0.2, 0) is 5.75 Å². The van der Waals surface area contributed by atoms with Crippen LogP contribution in [0.4, 0.5) is 0 Å². The van der Waals surface area contributed by atoms with Gasteiger partial charge in [0.25, 0.3) is 5.91 Å². The van der Waals surface area contributed by atoms with E-state index in [-0.39, 0.29) is 5.91 Å². The van der Waals surface area contributed by atoms with Gasteiger partial charge in [-0.05, 0) is 37.1 Å². The number of carbonyl (C=O) groups is 1. The predicted octanol–water partition coefficient (Wildman–Crippen LogP) is 5.99. The maximum Gasteiger partial charge on any atom is 0.273 e. The van der Waals surface area contributed by atoms with Crippen molar-refractivity contribution in [1.29, 1.82) is 0 Å². The average molecular weight is 513 g/mol. The molecule has 7 nitrogen and oxygen atoms in total. The Balaban J connectivity index is 1.58. The first kappa shape index (κ1) is 24.4. The van der Waals surface area contributed by atoms with E-state index in [0.717, 1.165) is 42.2 Å². The average Bonchev–Trinajstić information content (AvgIpc) is 3.50. The minimum absolute atomic E-state index is 0.00425. The first-order chi connectivity index (χ1) is 16.6. The summed E-state index contributed by atoms with van der Waals surface area (Å²) in [6.45, 7) is 5.64. The summed E-state index contributed by atoms with van der Waals surface area (Å²) in [5.41, 5.74) is 2.20. The molecule has 0 N–H and O–H groups in total. The molecule has 0 aliphatic heterocycles. The maximum atomic E-state index is 12.9. The number of thioether (sulfide) groups is 1. The molecule has 4 aromatic rings. The molecule has 0 fully saturated rings. The van der Waals surface area contributed by atoms with Crippen LogP contribution < -0.4 is 0 Å². The Bertz CT molecular complexity index is 1240. The number of carbonyl (C=O) groups excluding carboxylic acids is 1. The standard InChI is InChI=1S/C24H25ClN6OS2/c1-3-13-30(14-4-2)23(32)19-15-33-21(27-19)16-34-24-29-28-22(17-9-11-26-12-10-17)31(24)20-8-6-5-7-18(20)25/h5-12,15H,3-4,13-14,16H2,1-2H3. The highest BCUT2D eigenvalue weighted by molar-refractivity contribution is 7.98. The number of rotatable bonds is 10. The molecule has 0 aliphatic rings. The van der Waals surface area contributed by atoms with E-state index in [4.69, 9.17) is 11.6 Å². The highest BCUT2D eigenvalue weighted by Gasteiger charge is 2.20. The van der Waals surface area contributed by atoms with E-state index in [0.29, 0.717) is 27.5 Å². The van der Waals surface area contributed by atoms with E-state index in [1.807, 2.05) is 51.2 Å². The third kappa shape index (κ3) is 5.48. The number of benzene rings is 1. The van der Waals surface area contributed by atoms with Crippen molar-refractivity contribution < 1.29 is 4.79 Å². The molecule has 34 heavy (non-hydrogen) atoms. The number of nitrogens with zero attached hydrogens (tertiary/aromatic N) is 6. The Kier molecular flexibility index (Phi) is 8.31. The summed E-state index contributed by atoms with van der Waals surface area (Å²) in [6.07, 6.45) is 5.30. The number of para-hydroxylation sites is 1. The lowest BCUT2D eigenvalue weighted by molar-refractivity contribution is 0.0750. The maximum absolute atomic E-state index is 12.9. The smallest absolute Gasteiger partial charge is 0.273 e. The zero-order valence-electron chi connectivity index (χ0n) is 19.0. The van der Waals surface area contributed by atoms with Gasteiger partial charge in [-0.3, -0.25) is 14.3 Å². The Morgan fingerprint density at radius 2 is 1.82 bits per heavy atom. The van der Waals surface area contributed by atoms with Crippen molar-refractivity contribution in [1.82, 2.24) is 29.6 Å². The Hall–Kier alpha value is -2.75. The summed E-state index contributed by atoms with van der Waals surface area (Å²) < 4.78 is 1.95. The number of pyridine rings is 1. The second-order valence-electron chi connectivity index (χ2n) is 7.54. The molecule has 0 unspecified atom stereocenters. The minimum Gasteiger partial charge on any atom is -0.337 e. The number of hydrogen-bond acceptors (Lipinski definition) is 7. The second kappa shape index (κ2) is 11.6. The van der Waals surface area contributed by atoms with Gasteiger partial charge in [0.1, 0.15) is 10.7 Å². The number of thiazole rings is 1. The van der Waals surface area contributed by atoms with Gasteiger partial charge in [-0.2, -0.15) is 0 Å². The molecule has 3 aromatic heterocycles. The van der Waals surface area contributed by atoms with Crippen LogP contribution in [0.25, 0.3) is 17.1 Å². The topological polar surface area (TPSA) is 76.8 Å². The molecule has 176 valence electrons. The molecule has 0 spiro atoms. The van der Waals surface area contributed by atoms with Crippen LogP contribution in [0.1, 0.15) is 42.2 Å². The Morgan fingerprint density at radius 3 is 2.53 bits per heavy atom. The Morgan fingerprint density at radius 1 is 1.09 bits per heavy atom. The zero-order valence-corrected chi connectivity index (χ0v) is 21.4. The van der Waals surface area contributed by atoms with Crippen LogP contribution in [-0.4, -0.2) is 48.6 Å². The van der Waals surface area contributed by atoms with Gasteiger partial charge in [-0.15, -0.1) is 21.5 Å². The van der Waals surface area contributed by atoms with Gasteiger partial charge in [0.2, 0.25) is 0 Å². The van der Waals surface area contributed by atoms with E-state index < -0.39 is 0 Å². The largest absolute Gasteiger partial charge is 0.337 e. The van der Waals surface area contributed by atoms with Gasteiger partial charge in [-0.25, -0.2) is 4.98 Å². The van der Waals surface area contributed by atoms with Crippen molar-refractivity contribution in [3.63, 3.8) is 0 Å². The first-order valence-corrected chi connectivity index (χ1v) is 13.3. The van der Waals surface area contributed by atoms with Crippen molar-refractivity contribution in [3.05, 3.63) is 69.9 Å². The molecule has 1 aromatic carbocycles. The van der Waals surface area contributed by atoms with Crippen molar-refractivity contribution in [2.75, 3.05) is 13.1 Å². The molecule has 10 heteroatoms. The molecule has 0 radical (unpaired) electrons. The molecule has 0 atom stereocenters. The molecule has 0 bridgehead atoms. The fourth-order valence-electron chi connectivity index (χ4n) is 3.52. The SMILES string of the molecule is CCCN(CCC)C(=O)c1csc(CSc2nnc(-c3ccncc3)n2-c2ccccc2Cl)n1. The van der Waals surface area contributed by atoms with E-state index in [1.54, 1.807) is 12.4 Å². The number of aromatic nitrogens is 5. The van der Waals surface area contributed by atoms with Gasteiger partial charge in [0.05, 0.1) is 16.5 Å². The van der Waals surface area contributed by atoms with E-state index in [2.05, 4.69) is 34.0 Å². The highest BCUT2D eigenvalue weighted by atomic mass is 35.5. The number of amides is 1. The molecule has 1 amide bonds. The number of halogens is 1. The molecule has 0 saturated heterocycles. The second-order valence-corrected chi connectivity index (χ2v) is 9.83. The molecule has 3 heterocycles. The number of hydrogen-bond donors (Lipinski definition) is 0. The molecular weight excluding hydrogens is 488 g/mol. The normalized spacial score (nSPS) is 11.0. The third-order valence-electron chi connectivity index (χ3n) is 5.04. The molecule has 4 rings (SSSR count). The van der Waals surface area contributed by atoms with Crippen LogP contribution in [0.5, 0.6) is 0 Å². The summed E-state index contributed by atoms with van der Waals surface area (Å²) in [5.74, 6) is 1.25. The minimum atomic E-state index is -0.00425. The zero-order chi connectivity index (χ0) is 23.9. The van der Waals surface area contributed by atoms with Crippen LogP contribution >= 0.6 is 34.7 Å². The van der Waals surface area contributed by atoms with Crippen LogP contribution in [0.3, 0.4) is 0 Å². The van der Waals surface area contributed by atoms with Crippen LogP contribution in [0, 0.1) is 0 Å². The summed E-state index contributed by atoms with van der Waals surface area (Å²) in [7, 11) is 0. The highest BCUT2D eigenvalue weighted by Crippen LogP contribution is 2.33. The summed E-state index contributed by atoms with van der Waals surface area (Å²) in [4.78, 5) is 23.5. The fourth-order valence-corrected chi connectivity index (χ4v) is 5.47. The monoisotopic (exact) mass is 512 g/mol. The Labute approximate surface area is 212 Å². The van der Waals surface area contributed by atoms with Gasteiger partial charge in [0, 0.05) is 36.4 Å². The van der Waals surface area contributed by atoms with E-state index in [9.17, 15) is 4.79 Å². The summed E-state index contributed by atoms with van der Waals surface area (Å²) >= 11 is 9.53. The van der Waals surface area contributed by atoms with Gasteiger partial charge < -0.3 is 4.90 Å². The quantitative estimate of drug-likeness (QED) is 0.243. The summed E-state index contributed by atoms with van der Waals surface area (Å²) in [5, 5.41) is 12.9. The van der Waals surface area contributed by atoms with Crippen LogP contribution in [0.2, 0.25) is 5.02 Å². The van der Waals surface area contributed by atoms with Gasteiger partial charge in [0.15, 0.2) is 11.0 Å². The fraction of sp³-hybridized carbons (Fsp3) is 0.292. The lowest BCUT2D eigenvalue weighted by atomic mass is 10.2. The molecular formula is C24H25ClN6OS2.